The number of benzene rings is 1. The summed E-state index contributed by atoms with van der Waals surface area (Å²) in [6.45, 7) is 0. The first-order valence-corrected chi connectivity index (χ1v) is 15.2. The Morgan fingerprint density at radius 3 is 1.59 bits per heavy atom. The van der Waals surface area contributed by atoms with Gasteiger partial charge in [0.15, 0.2) is 9.93 Å². The molecule has 2 nitrogen and oxygen atoms in total. The smallest absolute Gasteiger partial charge is 0.410 e. The molecule has 6 rings (SSSR count). The lowest BCUT2D eigenvalue weighted by Gasteiger charge is -2.55. The number of halogens is 7. The summed E-state index contributed by atoms with van der Waals surface area (Å²) in [4.78, 5) is 0.385. The minimum absolute atomic E-state index is 0. The van der Waals surface area contributed by atoms with Crippen molar-refractivity contribution < 1.29 is 20.8 Å². The van der Waals surface area contributed by atoms with Gasteiger partial charge in [0.05, 0.1) is 19.8 Å². The van der Waals surface area contributed by atoms with Gasteiger partial charge in [-0.05, 0) is 67.9 Å². The number of hydrogen-bond acceptors (Lipinski definition) is 3. The van der Waals surface area contributed by atoms with E-state index in [9.17, 15) is 8.42 Å². The molecular formula is C17H15Cl7O2S3. The van der Waals surface area contributed by atoms with E-state index in [2.05, 4.69) is 0 Å². The second-order valence-electron chi connectivity index (χ2n) is 8.34. The van der Waals surface area contributed by atoms with Crippen molar-refractivity contribution in [3.8, 4) is 0 Å². The van der Waals surface area contributed by atoms with Gasteiger partial charge in [-0.2, -0.15) is 0 Å². The van der Waals surface area contributed by atoms with E-state index in [-0.39, 0.29) is 37.5 Å². The molecule has 0 amide bonds. The van der Waals surface area contributed by atoms with Crippen LogP contribution in [-0.4, -0.2) is 16.0 Å². The van der Waals surface area contributed by atoms with Gasteiger partial charge < -0.3 is 12.4 Å². The summed E-state index contributed by atoms with van der Waals surface area (Å²) in [6, 6.07) is 0. The van der Waals surface area contributed by atoms with Gasteiger partial charge >= 0.3 is 2.87 Å². The minimum Gasteiger partial charge on any atom is -1.00 e. The maximum absolute atomic E-state index is 13.9. The number of alkyl halides is 1. The molecule has 1 saturated heterocycles. The lowest BCUT2D eigenvalue weighted by atomic mass is 9.56. The van der Waals surface area contributed by atoms with Crippen LogP contribution in [0.4, 0.5) is 0 Å². The van der Waals surface area contributed by atoms with Gasteiger partial charge in [0, 0.05) is 0 Å². The van der Waals surface area contributed by atoms with Crippen molar-refractivity contribution in [2.24, 2.45) is 17.8 Å². The average Bonchev–Trinajstić information content (AvgIpc) is 3.30. The van der Waals surface area contributed by atoms with Gasteiger partial charge in [0.25, 0.3) is 0 Å². The van der Waals surface area contributed by atoms with Crippen LogP contribution in [0, 0.1) is 17.8 Å². The van der Waals surface area contributed by atoms with Crippen molar-refractivity contribution in [2.75, 3.05) is 0 Å². The minimum atomic E-state index is -3.65. The molecule has 2 unspecified atom stereocenters. The molecule has 29 heavy (non-hydrogen) atoms. The van der Waals surface area contributed by atoms with Gasteiger partial charge in [0.1, 0.15) is 10.0 Å². The van der Waals surface area contributed by atoms with Crippen LogP contribution in [0.15, 0.2) is 4.90 Å². The van der Waals surface area contributed by atoms with E-state index in [0.717, 1.165) is 38.5 Å². The Balaban J connectivity index is 0.00000205. The van der Waals surface area contributed by atoms with Gasteiger partial charge in [-0.3, -0.25) is 0 Å². The van der Waals surface area contributed by atoms with Crippen LogP contribution in [0.1, 0.15) is 38.5 Å². The molecule has 5 aliphatic rings. The lowest BCUT2D eigenvalue weighted by Crippen LogP contribution is -3.00. The van der Waals surface area contributed by atoms with Crippen molar-refractivity contribution in [3.05, 3.63) is 25.1 Å². The quantitative estimate of drug-likeness (QED) is 0.125. The molecule has 0 spiro atoms. The molecular weight excluding hydrogens is 581 g/mol. The molecule has 4 saturated carbocycles. The van der Waals surface area contributed by atoms with Crippen LogP contribution in [0.5, 0.6) is 0 Å². The third-order valence-electron chi connectivity index (χ3n) is 6.61. The van der Waals surface area contributed by atoms with E-state index in [0.29, 0.717) is 22.6 Å². The summed E-state index contributed by atoms with van der Waals surface area (Å²) in [7, 11) is -3.43. The molecule has 0 N–H and O–H groups in total. The zero-order chi connectivity index (χ0) is 20.2. The molecule has 1 aromatic carbocycles. The summed E-state index contributed by atoms with van der Waals surface area (Å²) >= 11 is 38.0. The second kappa shape index (κ2) is 7.71. The topological polar surface area (TPSA) is 34.1 Å². The highest BCUT2D eigenvalue weighted by Crippen LogP contribution is 2.74. The Bertz CT molecular complexity index is 935. The molecule has 2 atom stereocenters. The molecule has 1 heterocycles. The summed E-state index contributed by atoms with van der Waals surface area (Å²) in [5.74, 6) is 1.50. The van der Waals surface area contributed by atoms with E-state index in [1.807, 2.05) is 0 Å². The molecule has 1 aliphatic heterocycles. The van der Waals surface area contributed by atoms with Crippen LogP contribution >= 0.6 is 80.4 Å². The molecule has 1 aromatic rings. The van der Waals surface area contributed by atoms with Crippen LogP contribution in [-0.2, 0) is 19.8 Å². The van der Waals surface area contributed by atoms with Gasteiger partial charge in [-0.25, -0.2) is 8.42 Å². The Morgan fingerprint density at radius 1 is 0.793 bits per heavy atom. The summed E-state index contributed by atoms with van der Waals surface area (Å²) in [6.07, 6.45) is 5.63. The van der Waals surface area contributed by atoms with E-state index < -0.39 is 27.4 Å². The van der Waals surface area contributed by atoms with Crippen LogP contribution in [0.25, 0.3) is 0 Å². The first-order chi connectivity index (χ1) is 13.0. The molecule has 5 fully saturated rings. The third-order valence-corrected chi connectivity index (χ3v) is 20.0. The van der Waals surface area contributed by atoms with Crippen molar-refractivity contribution in [1.82, 2.24) is 0 Å². The van der Waals surface area contributed by atoms with Gasteiger partial charge in [-0.15, -0.1) is 0 Å². The fourth-order valence-corrected chi connectivity index (χ4v) is 18.4. The molecule has 162 valence electrons. The largest absolute Gasteiger partial charge is 1.00 e. The Labute approximate surface area is 213 Å². The standard InChI is InChI=1S/C17H15Cl6O2S3.ClH/c18-10-11(19)13(21)15(14(22)12(10)20)27-17(23,26-27)28(24,25)16-4-7-1-8(5-16)3-9(2-7)6-16;/h7-9H,1-6H2;1H/q+1;/p-1. The Kier molecular flexibility index (Phi) is 6.39. The van der Waals surface area contributed by atoms with E-state index in [1.54, 1.807) is 0 Å². The lowest BCUT2D eigenvalue weighted by molar-refractivity contribution is -0.00000880. The Hall–Kier alpha value is 1.90. The normalized spacial score (nSPS) is 40.1. The maximum atomic E-state index is 13.9. The molecule has 0 radical (unpaired) electrons. The van der Waals surface area contributed by atoms with Crippen LogP contribution < -0.4 is 12.4 Å². The molecule has 4 aliphatic carbocycles. The third kappa shape index (κ3) is 3.31. The fourth-order valence-electron chi connectivity index (χ4n) is 5.76. The summed E-state index contributed by atoms with van der Waals surface area (Å²) in [5.41, 5.74) is 0. The SMILES string of the molecule is O=S(=O)(C12CC3CC(CC(C3)C1)C2)C1(Cl)S[S+]1c1c(Cl)c(Cl)c(Cl)c(Cl)c1Cl.[Cl-]. The Morgan fingerprint density at radius 2 is 1.17 bits per heavy atom. The van der Waals surface area contributed by atoms with Crippen molar-refractivity contribution in [3.63, 3.8) is 0 Å². The number of hydrogen-bond donors (Lipinski definition) is 0. The highest BCUT2D eigenvalue weighted by molar-refractivity contribution is 8.95. The molecule has 12 heteroatoms. The number of rotatable bonds is 3. The van der Waals surface area contributed by atoms with Crippen molar-refractivity contribution in [1.29, 1.82) is 0 Å². The molecule has 4 bridgehead atoms. The monoisotopic (exact) mass is 592 g/mol. The van der Waals surface area contributed by atoms with Crippen LogP contribution in [0.3, 0.4) is 0 Å². The van der Waals surface area contributed by atoms with Crippen LogP contribution in [0.2, 0.25) is 25.1 Å². The average molecular weight is 596 g/mol. The predicted octanol–water partition coefficient (Wildman–Crippen LogP) is 4.83. The zero-order valence-corrected chi connectivity index (χ0v) is 22.4. The number of sulfone groups is 1. The van der Waals surface area contributed by atoms with E-state index in [1.165, 1.54) is 10.8 Å². The van der Waals surface area contributed by atoms with Crippen molar-refractivity contribution >= 4 is 100 Å². The fraction of sp³-hybridized carbons (Fsp3) is 0.647. The van der Waals surface area contributed by atoms with E-state index in [4.69, 9.17) is 69.6 Å². The highest BCUT2D eigenvalue weighted by atomic mass is 35.5. The highest BCUT2D eigenvalue weighted by Gasteiger charge is 2.85. The first kappa shape index (κ1) is 24.0. The van der Waals surface area contributed by atoms with Gasteiger partial charge in [-0.1, -0.05) is 58.0 Å². The first-order valence-electron chi connectivity index (χ1n) is 8.89. The van der Waals surface area contributed by atoms with Gasteiger partial charge in [0.2, 0.25) is 25.5 Å². The summed E-state index contributed by atoms with van der Waals surface area (Å²) < 4.78 is 25.6. The second-order valence-corrected chi connectivity index (χ2v) is 18.6. The maximum Gasteiger partial charge on any atom is 0.410 e. The summed E-state index contributed by atoms with van der Waals surface area (Å²) in [5, 5.41) is 0.444. The van der Waals surface area contributed by atoms with Crippen molar-refractivity contribution in [2.45, 2.75) is 51.0 Å². The molecule has 0 aromatic heterocycles. The zero-order valence-electron chi connectivity index (χ0n) is 14.7. The van der Waals surface area contributed by atoms with E-state index >= 15 is 0 Å². The predicted molar refractivity (Wildman–Crippen MR) is 123 cm³/mol.